The number of aromatic nitrogens is 2. The van der Waals surface area contributed by atoms with Gasteiger partial charge in [-0.2, -0.15) is 4.98 Å². The zero-order valence-corrected chi connectivity index (χ0v) is 19.0. The Kier molecular flexibility index (Phi) is 6.44. The van der Waals surface area contributed by atoms with Crippen LogP contribution < -0.4 is 9.47 Å². The van der Waals surface area contributed by atoms with Crippen molar-refractivity contribution in [3.05, 3.63) is 59.5 Å². The van der Waals surface area contributed by atoms with Crippen molar-refractivity contribution in [2.75, 3.05) is 13.7 Å². The summed E-state index contributed by atoms with van der Waals surface area (Å²) in [7, 11) is 1.60. The Bertz CT molecular complexity index is 1080. The Morgan fingerprint density at radius 2 is 1.94 bits per heavy atom. The van der Waals surface area contributed by atoms with Gasteiger partial charge in [0.2, 0.25) is 17.6 Å². The molecule has 1 aromatic heterocycles. The molecule has 0 spiro atoms. The molecular formula is C25H29N3O4. The van der Waals surface area contributed by atoms with E-state index in [1.54, 1.807) is 7.11 Å². The van der Waals surface area contributed by atoms with Crippen molar-refractivity contribution in [1.82, 2.24) is 15.0 Å². The summed E-state index contributed by atoms with van der Waals surface area (Å²) in [5.74, 6) is 2.77. The van der Waals surface area contributed by atoms with E-state index in [1.165, 1.54) is 5.56 Å². The fraction of sp³-hybridized carbons (Fsp3) is 0.400. The van der Waals surface area contributed by atoms with E-state index in [0.717, 1.165) is 11.1 Å². The molecule has 1 amide bonds. The number of rotatable bonds is 8. The van der Waals surface area contributed by atoms with Gasteiger partial charge in [-0.3, -0.25) is 4.79 Å². The van der Waals surface area contributed by atoms with Crippen molar-refractivity contribution < 1.29 is 18.8 Å². The number of likely N-dealkylation sites (tertiary alicyclic amines) is 1. The fourth-order valence-electron chi connectivity index (χ4n) is 3.96. The van der Waals surface area contributed by atoms with Gasteiger partial charge in [0.15, 0.2) is 11.5 Å². The van der Waals surface area contributed by atoms with Crippen molar-refractivity contribution in [3.63, 3.8) is 0 Å². The molecule has 1 aliphatic rings. The third-order valence-corrected chi connectivity index (χ3v) is 5.78. The number of ether oxygens (including phenoxy) is 2. The van der Waals surface area contributed by atoms with Crippen LogP contribution in [0.5, 0.6) is 11.5 Å². The Balaban J connectivity index is 1.54. The molecule has 1 saturated heterocycles. The first-order valence-electron chi connectivity index (χ1n) is 11.0. The topological polar surface area (TPSA) is 77.7 Å². The maximum atomic E-state index is 12.6. The lowest BCUT2D eigenvalue weighted by molar-refractivity contribution is -0.129. The summed E-state index contributed by atoms with van der Waals surface area (Å²) in [6.07, 6.45) is 1.14. The number of carbonyl (C=O) groups excluding carboxylic acids is 1. The second-order valence-corrected chi connectivity index (χ2v) is 8.23. The van der Waals surface area contributed by atoms with Crippen LogP contribution in [0.1, 0.15) is 62.6 Å². The Labute approximate surface area is 188 Å². The predicted molar refractivity (Wildman–Crippen MR) is 121 cm³/mol. The molecule has 1 atom stereocenters. The molecule has 1 unspecified atom stereocenters. The maximum absolute atomic E-state index is 12.6. The van der Waals surface area contributed by atoms with Gasteiger partial charge in [-0.15, -0.1) is 0 Å². The molecule has 1 fully saturated rings. The molecular weight excluding hydrogens is 406 g/mol. The predicted octanol–water partition coefficient (Wildman–Crippen LogP) is 5.13. The average Bonchev–Trinajstić information content (AvgIpc) is 3.42. The van der Waals surface area contributed by atoms with Gasteiger partial charge < -0.3 is 18.9 Å². The lowest BCUT2D eigenvalue weighted by Crippen LogP contribution is -2.27. The normalized spacial score (nSPS) is 16.1. The van der Waals surface area contributed by atoms with E-state index >= 15 is 0 Å². The number of amides is 1. The molecule has 3 aromatic rings. The molecule has 168 valence electrons. The minimum Gasteiger partial charge on any atom is -0.493 e. The van der Waals surface area contributed by atoms with Crippen molar-refractivity contribution in [2.45, 2.75) is 52.1 Å². The quantitative estimate of drug-likeness (QED) is 0.488. The zero-order chi connectivity index (χ0) is 22.7. The molecule has 0 N–H and O–H groups in total. The van der Waals surface area contributed by atoms with Crippen molar-refractivity contribution in [1.29, 1.82) is 0 Å². The van der Waals surface area contributed by atoms with E-state index in [9.17, 15) is 4.79 Å². The minimum atomic E-state index is -0.224. The zero-order valence-electron chi connectivity index (χ0n) is 19.0. The summed E-state index contributed by atoms with van der Waals surface area (Å²) < 4.78 is 16.6. The summed E-state index contributed by atoms with van der Waals surface area (Å²) in [4.78, 5) is 19.0. The maximum Gasteiger partial charge on any atom is 0.249 e. The van der Waals surface area contributed by atoms with Gasteiger partial charge in [0, 0.05) is 18.5 Å². The first-order chi connectivity index (χ1) is 15.5. The van der Waals surface area contributed by atoms with Gasteiger partial charge in [0.25, 0.3) is 0 Å². The van der Waals surface area contributed by atoms with Gasteiger partial charge in [-0.25, -0.2) is 0 Å². The van der Waals surface area contributed by atoms with Crippen LogP contribution in [-0.4, -0.2) is 34.7 Å². The van der Waals surface area contributed by atoms with E-state index in [0.29, 0.717) is 55.1 Å². The molecule has 1 aliphatic heterocycles. The Hall–Kier alpha value is -3.35. The molecule has 0 bridgehead atoms. The van der Waals surface area contributed by atoms with Crippen LogP contribution in [0.25, 0.3) is 11.4 Å². The second kappa shape index (κ2) is 9.42. The van der Waals surface area contributed by atoms with E-state index in [-0.39, 0.29) is 11.9 Å². The SMILES string of the molecule is CCOc1ccc(-c2noc(C3CCC(=O)N3Cc3ccc(C(C)C)cc3)n2)cc1OC. The summed E-state index contributed by atoms with van der Waals surface area (Å²) >= 11 is 0. The number of hydrogen-bond donors (Lipinski definition) is 0. The molecule has 0 radical (unpaired) electrons. The molecule has 4 rings (SSSR count). The highest BCUT2D eigenvalue weighted by atomic mass is 16.5. The van der Waals surface area contributed by atoms with Gasteiger partial charge in [-0.05, 0) is 48.6 Å². The second-order valence-electron chi connectivity index (χ2n) is 8.23. The smallest absolute Gasteiger partial charge is 0.249 e. The molecule has 32 heavy (non-hydrogen) atoms. The highest BCUT2D eigenvalue weighted by Crippen LogP contribution is 2.36. The van der Waals surface area contributed by atoms with E-state index in [4.69, 9.17) is 14.0 Å². The largest absolute Gasteiger partial charge is 0.493 e. The average molecular weight is 436 g/mol. The summed E-state index contributed by atoms with van der Waals surface area (Å²) in [6.45, 7) is 7.33. The van der Waals surface area contributed by atoms with Crippen molar-refractivity contribution in [2.24, 2.45) is 0 Å². The van der Waals surface area contributed by atoms with Crippen LogP contribution in [-0.2, 0) is 11.3 Å². The van der Waals surface area contributed by atoms with Crippen LogP contribution in [0.4, 0.5) is 0 Å². The van der Waals surface area contributed by atoms with Crippen molar-refractivity contribution in [3.8, 4) is 22.9 Å². The third-order valence-electron chi connectivity index (χ3n) is 5.78. The van der Waals surface area contributed by atoms with Crippen LogP contribution >= 0.6 is 0 Å². The summed E-state index contributed by atoms with van der Waals surface area (Å²) in [5.41, 5.74) is 3.14. The number of benzene rings is 2. The highest BCUT2D eigenvalue weighted by molar-refractivity contribution is 5.79. The van der Waals surface area contributed by atoms with E-state index in [2.05, 4.69) is 48.3 Å². The number of hydrogen-bond acceptors (Lipinski definition) is 6. The Morgan fingerprint density at radius 1 is 1.16 bits per heavy atom. The highest BCUT2D eigenvalue weighted by Gasteiger charge is 2.36. The van der Waals surface area contributed by atoms with Gasteiger partial charge >= 0.3 is 0 Å². The van der Waals surface area contributed by atoms with Crippen LogP contribution in [0.15, 0.2) is 47.0 Å². The molecule has 7 nitrogen and oxygen atoms in total. The molecule has 0 saturated carbocycles. The Morgan fingerprint density at radius 3 is 2.62 bits per heavy atom. The minimum absolute atomic E-state index is 0.102. The van der Waals surface area contributed by atoms with E-state index in [1.807, 2.05) is 30.0 Å². The van der Waals surface area contributed by atoms with Crippen LogP contribution in [0.2, 0.25) is 0 Å². The summed E-state index contributed by atoms with van der Waals surface area (Å²) in [5, 5.41) is 4.16. The molecule has 7 heteroatoms. The third kappa shape index (κ3) is 4.47. The fourth-order valence-corrected chi connectivity index (χ4v) is 3.96. The van der Waals surface area contributed by atoms with Crippen LogP contribution in [0.3, 0.4) is 0 Å². The van der Waals surface area contributed by atoms with E-state index < -0.39 is 0 Å². The lowest BCUT2D eigenvalue weighted by atomic mass is 10.0. The molecule has 2 heterocycles. The van der Waals surface area contributed by atoms with Crippen molar-refractivity contribution >= 4 is 5.91 Å². The van der Waals surface area contributed by atoms with Gasteiger partial charge in [0.1, 0.15) is 6.04 Å². The number of carbonyl (C=O) groups is 1. The number of nitrogens with zero attached hydrogens (tertiary/aromatic N) is 3. The van der Waals surface area contributed by atoms with Crippen LogP contribution in [0, 0.1) is 0 Å². The van der Waals surface area contributed by atoms with Gasteiger partial charge in [0.05, 0.1) is 13.7 Å². The standard InChI is InChI=1S/C25H29N3O4/c1-5-31-21-12-10-19(14-22(21)30-4)24-26-25(32-27-24)20-11-13-23(29)28(20)15-17-6-8-18(9-7-17)16(2)3/h6-10,12,14,16,20H,5,11,13,15H2,1-4H3. The monoisotopic (exact) mass is 435 g/mol. The molecule has 2 aromatic carbocycles. The number of methoxy groups -OCH3 is 1. The first-order valence-corrected chi connectivity index (χ1v) is 11.0. The summed E-state index contributed by atoms with van der Waals surface area (Å²) in [6, 6.07) is 13.7. The lowest BCUT2D eigenvalue weighted by Gasteiger charge is -2.22. The molecule has 0 aliphatic carbocycles. The first kappa shape index (κ1) is 21.9. The van der Waals surface area contributed by atoms with Gasteiger partial charge in [-0.1, -0.05) is 43.3 Å².